The Hall–Kier alpha value is -2.91. The summed E-state index contributed by atoms with van der Waals surface area (Å²) in [6, 6.07) is -0.982. The van der Waals surface area contributed by atoms with Gasteiger partial charge in [0.1, 0.15) is 24.9 Å². The van der Waals surface area contributed by atoms with Crippen molar-refractivity contribution in [2.75, 3.05) is 6.61 Å². The number of carbonyl (C=O) groups is 5. The van der Waals surface area contributed by atoms with Crippen molar-refractivity contribution in [3.8, 4) is 0 Å². The maximum atomic E-state index is 13.6. The van der Waals surface area contributed by atoms with Crippen LogP contribution in [0.1, 0.15) is 247 Å². The van der Waals surface area contributed by atoms with Crippen molar-refractivity contribution >= 4 is 29.8 Å². The van der Waals surface area contributed by atoms with Gasteiger partial charge in [-0.2, -0.15) is 0 Å². The number of carbonyl (C=O) groups excluding carboxylic acids is 5. The first-order valence-corrected chi connectivity index (χ1v) is 24.6. The van der Waals surface area contributed by atoms with Crippen LogP contribution < -0.4 is 5.32 Å². The summed E-state index contributed by atoms with van der Waals surface area (Å²) in [6.07, 6.45) is 38.7. The van der Waals surface area contributed by atoms with Crippen LogP contribution in [0.4, 0.5) is 0 Å². The number of hydrogen-bond acceptors (Lipinski definition) is 9. The van der Waals surface area contributed by atoms with Gasteiger partial charge in [-0.05, 0) is 37.8 Å². The highest BCUT2D eigenvalue weighted by Crippen LogP contribution is 2.18. The predicted octanol–water partition coefficient (Wildman–Crippen LogP) is 12.9. The largest absolute Gasteiger partial charge is 0.464 e. The van der Waals surface area contributed by atoms with Crippen LogP contribution in [0.2, 0.25) is 0 Å². The Morgan fingerprint density at radius 3 is 1.12 bits per heavy atom. The van der Waals surface area contributed by atoms with Crippen LogP contribution >= 0.6 is 0 Å². The maximum absolute atomic E-state index is 13.6. The molecule has 4 atom stereocenters. The molecule has 0 aliphatic carbocycles. The van der Waals surface area contributed by atoms with E-state index < -0.39 is 54.1 Å². The number of esters is 4. The molecule has 1 N–H and O–H groups in total. The minimum Gasteiger partial charge on any atom is -0.464 e. The van der Waals surface area contributed by atoms with E-state index in [4.69, 9.17) is 18.9 Å². The molecule has 1 amide bonds. The van der Waals surface area contributed by atoms with Crippen LogP contribution in [-0.4, -0.2) is 60.7 Å². The van der Waals surface area contributed by atoms with Crippen LogP contribution in [0.25, 0.3) is 0 Å². The van der Waals surface area contributed by atoms with E-state index in [1.807, 2.05) is 0 Å². The lowest BCUT2D eigenvalue weighted by Crippen LogP contribution is -2.51. The van der Waals surface area contributed by atoms with Gasteiger partial charge >= 0.3 is 23.9 Å². The van der Waals surface area contributed by atoms with Crippen molar-refractivity contribution in [1.29, 1.82) is 0 Å². The highest BCUT2D eigenvalue weighted by molar-refractivity contribution is 5.83. The number of hydrogen-bond donors (Lipinski definition) is 1. The molecule has 0 unspecified atom stereocenters. The van der Waals surface area contributed by atoms with Gasteiger partial charge in [0.05, 0.1) is 0 Å². The Labute approximate surface area is 367 Å². The fraction of sp³-hybridized carbons (Fsp3) is 0.860. The maximum Gasteiger partial charge on any atom is 0.303 e. The molecule has 0 saturated heterocycles. The Kier molecular flexibility index (Phi) is 39.4. The van der Waals surface area contributed by atoms with Crippen molar-refractivity contribution in [3.63, 3.8) is 0 Å². The third-order valence-corrected chi connectivity index (χ3v) is 11.1. The van der Waals surface area contributed by atoms with E-state index in [-0.39, 0.29) is 6.61 Å². The molecule has 10 heteroatoms. The zero-order valence-corrected chi connectivity index (χ0v) is 39.5. The first-order valence-electron chi connectivity index (χ1n) is 24.6. The molecule has 0 aliphatic rings. The summed E-state index contributed by atoms with van der Waals surface area (Å²) in [7, 11) is 0. The molecule has 0 aliphatic heterocycles. The summed E-state index contributed by atoms with van der Waals surface area (Å²) >= 11 is 0. The van der Waals surface area contributed by atoms with Crippen molar-refractivity contribution < 1.29 is 42.9 Å². The zero-order chi connectivity index (χ0) is 44.5. The molecule has 10 nitrogen and oxygen atoms in total. The van der Waals surface area contributed by atoms with E-state index in [0.717, 1.165) is 38.5 Å². The quantitative estimate of drug-likeness (QED) is 0.0276. The van der Waals surface area contributed by atoms with E-state index in [9.17, 15) is 24.0 Å². The summed E-state index contributed by atoms with van der Waals surface area (Å²) in [5, 5.41) is 2.82. The molecular formula is C50H91NO9. The first-order chi connectivity index (χ1) is 29.0. The molecule has 0 spiro atoms. The number of amides is 1. The number of ether oxygens (including phenoxy) is 4. The van der Waals surface area contributed by atoms with Gasteiger partial charge in [0.2, 0.25) is 0 Å². The predicted molar refractivity (Wildman–Crippen MR) is 243 cm³/mol. The molecule has 0 aromatic rings. The highest BCUT2D eigenvalue weighted by Gasteiger charge is 2.30. The van der Waals surface area contributed by atoms with Crippen molar-refractivity contribution in [1.82, 2.24) is 5.32 Å². The molecule has 0 radical (unpaired) electrons. The third kappa shape index (κ3) is 38.0. The Morgan fingerprint density at radius 1 is 0.417 bits per heavy atom. The molecule has 0 heterocycles. The number of rotatable bonds is 42. The van der Waals surface area contributed by atoms with E-state index in [1.54, 1.807) is 12.2 Å². The fourth-order valence-electron chi connectivity index (χ4n) is 7.65. The van der Waals surface area contributed by atoms with Gasteiger partial charge in [0.15, 0.2) is 6.10 Å². The molecule has 350 valence electrons. The van der Waals surface area contributed by atoms with E-state index in [1.165, 1.54) is 175 Å². The molecule has 0 saturated carbocycles. The van der Waals surface area contributed by atoms with E-state index in [2.05, 4.69) is 19.2 Å². The minimum atomic E-state index is -1.05. The molecule has 0 fully saturated rings. The smallest absolute Gasteiger partial charge is 0.303 e. The van der Waals surface area contributed by atoms with Crippen molar-refractivity contribution in [2.24, 2.45) is 0 Å². The van der Waals surface area contributed by atoms with Crippen molar-refractivity contribution in [2.45, 2.75) is 271 Å². The van der Waals surface area contributed by atoms with Gasteiger partial charge in [-0.15, -0.1) is 0 Å². The second-order valence-corrected chi connectivity index (χ2v) is 17.1. The van der Waals surface area contributed by atoms with Crippen LogP contribution in [0.15, 0.2) is 12.2 Å². The Morgan fingerprint density at radius 2 is 0.767 bits per heavy atom. The topological polar surface area (TPSA) is 134 Å². The van der Waals surface area contributed by atoms with Gasteiger partial charge in [-0.25, -0.2) is 0 Å². The zero-order valence-electron chi connectivity index (χ0n) is 39.5. The minimum absolute atomic E-state index is 0.286. The summed E-state index contributed by atoms with van der Waals surface area (Å²) in [5.41, 5.74) is 0. The summed E-state index contributed by atoms with van der Waals surface area (Å²) < 4.78 is 21.9. The Bertz CT molecular complexity index is 1110. The van der Waals surface area contributed by atoms with Gasteiger partial charge < -0.3 is 24.3 Å². The van der Waals surface area contributed by atoms with Crippen LogP contribution in [-0.2, 0) is 42.9 Å². The average Bonchev–Trinajstić information content (AvgIpc) is 3.19. The fourth-order valence-corrected chi connectivity index (χ4v) is 7.65. The normalized spacial score (nSPS) is 13.4. The number of nitrogens with one attached hydrogen (secondary N) is 1. The van der Waals surface area contributed by atoms with Crippen LogP contribution in [0, 0.1) is 0 Å². The first kappa shape index (κ1) is 57.1. The van der Waals surface area contributed by atoms with Gasteiger partial charge in [0, 0.05) is 27.7 Å². The number of unbranched alkanes of at least 4 members (excludes halogenated alkanes) is 28. The molecule has 0 aromatic heterocycles. The lowest BCUT2D eigenvalue weighted by atomic mass is 10.0. The van der Waals surface area contributed by atoms with E-state index >= 15 is 0 Å². The lowest BCUT2D eigenvalue weighted by molar-refractivity contribution is -0.156. The van der Waals surface area contributed by atoms with Gasteiger partial charge in [-0.3, -0.25) is 24.0 Å². The van der Waals surface area contributed by atoms with Crippen molar-refractivity contribution in [3.05, 3.63) is 12.2 Å². The second kappa shape index (κ2) is 41.4. The second-order valence-electron chi connectivity index (χ2n) is 17.1. The monoisotopic (exact) mass is 850 g/mol. The molecule has 0 aromatic carbocycles. The molecular weight excluding hydrogens is 759 g/mol. The third-order valence-electron chi connectivity index (χ3n) is 11.1. The van der Waals surface area contributed by atoms with Crippen LogP contribution in [0.5, 0.6) is 0 Å². The summed E-state index contributed by atoms with van der Waals surface area (Å²) in [5.74, 6) is -2.74. The average molecular weight is 850 g/mol. The molecule has 60 heavy (non-hydrogen) atoms. The van der Waals surface area contributed by atoms with Gasteiger partial charge in [-0.1, -0.05) is 194 Å². The SMILES string of the molecule is CCCCCCCCCCCCCCCCCCCCCC[C@@H](OC(C)=O)C(=O)N[C@@H](COC(C)=O)[C@@H](/C=C/[C@@H](CCCCCCCCCCCC)OC(C)=O)OC(C)=O. The molecule has 0 bridgehead atoms. The standard InChI is InChI=1S/C50H91NO9/c1-7-9-11-13-15-17-19-20-21-22-23-24-25-26-27-28-30-32-34-36-38-49(60-45(6)55)50(56)51-47(41-57-42(3)52)48(59-44(5)54)40-39-46(58-43(4)53)37-35-33-31-29-18-16-14-12-10-8-2/h39-40,46-49H,7-38,41H2,1-6H3,(H,51,56)/b40-39+/t46-,47+,48-,49-/m1/s1. The van der Waals surface area contributed by atoms with Crippen LogP contribution in [0.3, 0.4) is 0 Å². The lowest BCUT2D eigenvalue weighted by Gasteiger charge is -2.27. The van der Waals surface area contributed by atoms with E-state index in [0.29, 0.717) is 19.3 Å². The van der Waals surface area contributed by atoms with Gasteiger partial charge in [0.25, 0.3) is 5.91 Å². The highest BCUT2D eigenvalue weighted by atomic mass is 16.6. The Balaban J connectivity index is 4.92. The summed E-state index contributed by atoms with van der Waals surface area (Å²) in [6.45, 7) is 9.33. The molecule has 0 rings (SSSR count). The summed E-state index contributed by atoms with van der Waals surface area (Å²) in [4.78, 5) is 61.6.